The largest absolute Gasteiger partial charge is 2.00 e. The second kappa shape index (κ2) is 32.1. The summed E-state index contributed by atoms with van der Waals surface area (Å²) in [7, 11) is 0. The maximum absolute atomic E-state index is 15.6. The summed E-state index contributed by atoms with van der Waals surface area (Å²) in [4.78, 5) is 86.2. The number of aromatic nitrogens is 4. The van der Waals surface area contributed by atoms with E-state index in [1.807, 2.05) is 36.4 Å². The number of fused-ring (bicyclic) bond motifs is 12. The molecule has 21 rings (SSSR count). The predicted octanol–water partition coefficient (Wildman–Crippen LogP) is 27.4. The Balaban J connectivity index is 0.0000104. The summed E-state index contributed by atoms with van der Waals surface area (Å²) in [5, 5.41) is 23.2. The smallest absolute Gasteiger partial charge is 0.657 e. The van der Waals surface area contributed by atoms with Crippen molar-refractivity contribution in [1.82, 2.24) is 19.9 Å². The van der Waals surface area contributed by atoms with Gasteiger partial charge in [-0.1, -0.05) is 326 Å². The molecule has 4 saturated carbocycles. The predicted molar refractivity (Wildman–Crippen MR) is 527 cm³/mol. The molecule has 15 aromatic rings. The van der Waals surface area contributed by atoms with Crippen LogP contribution in [0.5, 0.6) is 0 Å². The van der Waals surface area contributed by atoms with E-state index in [0.717, 1.165) is 110 Å². The fraction of sp³-hybridized carbons (Fsp3) is 0.241. The molecule has 1 radical (unpaired) electrons. The SMILES string of the molecule is CC(C)(C)c1cc(-c2c3nc(c(-c4c(NC(=O)[C@@H]5C[C@H]5c5ccc6ccccc6c5)cccc4NC(=O)[C@@H]4C[C@H]4c4ccc5ccccc5c4)c4ccc([n-]4)c(-c4cc(C(C)(C)C)cc(C(C)(C)C)c4)c4nc(c(-c5c(NC(=O)[C@@H]6C[C@H]6c6ccc7ccccc7c6)cccc5NC(=O)[C@@H]5C[C@H]5c5ccc6ccccc6c5)c5ccc2[n-]5)C=C4)C=C3)cc(C(C)(C)C)c1.[Co+2]. The molecule has 5 heterocycles. The molecule has 129 heavy (non-hydrogen) atoms. The average molecular weight is 1730 g/mol. The van der Waals surface area contributed by atoms with Crippen LogP contribution in [0.3, 0.4) is 0 Å². The Labute approximate surface area is 764 Å². The Morgan fingerprint density at radius 2 is 0.496 bits per heavy atom. The first-order chi connectivity index (χ1) is 61.5. The number of amides is 4. The molecule has 4 fully saturated rings. The van der Waals surface area contributed by atoms with Gasteiger partial charge < -0.3 is 31.2 Å². The number of nitrogens with zero attached hydrogens (tertiary/aromatic N) is 4. The molecule has 12 aromatic carbocycles. The fourth-order valence-corrected chi connectivity index (χ4v) is 19.6. The molecule has 3 aromatic heterocycles. The molecule has 641 valence electrons. The summed E-state index contributed by atoms with van der Waals surface area (Å²) in [6, 6.07) is 93.1. The van der Waals surface area contributed by atoms with Crippen LogP contribution >= 0.6 is 0 Å². The minimum atomic E-state index is -0.336. The van der Waals surface area contributed by atoms with Crippen LogP contribution < -0.4 is 31.2 Å². The van der Waals surface area contributed by atoms with Crippen molar-refractivity contribution in [2.75, 3.05) is 21.3 Å². The Morgan fingerprint density at radius 1 is 0.264 bits per heavy atom. The Hall–Kier alpha value is -13.3. The van der Waals surface area contributed by atoms with Crippen LogP contribution in [0.15, 0.2) is 267 Å². The molecular weight excluding hydrogens is 1630 g/mol. The van der Waals surface area contributed by atoms with Crippen molar-refractivity contribution >= 4 is 136 Å². The zero-order valence-corrected chi connectivity index (χ0v) is 76.0. The molecule has 4 amide bonds. The van der Waals surface area contributed by atoms with Gasteiger partial charge in [-0.25, -0.2) is 9.97 Å². The van der Waals surface area contributed by atoms with Crippen LogP contribution in [0.4, 0.5) is 22.7 Å². The Kier molecular flexibility index (Phi) is 20.9. The average Bonchev–Trinajstić information content (AvgIpc) is 1.61. The first-order valence-electron chi connectivity index (χ1n) is 45.4. The Bertz CT molecular complexity index is 6680. The molecule has 0 spiro atoms. The van der Waals surface area contributed by atoms with Crippen molar-refractivity contribution in [3.8, 4) is 44.5 Å². The van der Waals surface area contributed by atoms with Crippen molar-refractivity contribution in [2.45, 2.75) is 154 Å². The van der Waals surface area contributed by atoms with Crippen molar-refractivity contribution in [2.24, 2.45) is 23.7 Å². The summed E-state index contributed by atoms with van der Waals surface area (Å²) in [6.07, 6.45) is 10.9. The van der Waals surface area contributed by atoms with Gasteiger partial charge in [0.05, 0.1) is 45.5 Å². The quantitative estimate of drug-likeness (QED) is 0.0741. The number of hydrogen-bond acceptors (Lipinski definition) is 6. The van der Waals surface area contributed by atoms with E-state index >= 15 is 19.2 Å². The van der Waals surface area contributed by atoms with Crippen LogP contribution in [0.25, 0.3) is 134 Å². The molecule has 12 nitrogen and oxygen atoms in total. The molecule has 6 aliphatic rings. The molecular formula is C116H104CoN8O4. The summed E-state index contributed by atoms with van der Waals surface area (Å²) < 4.78 is 0. The second-order valence-electron chi connectivity index (χ2n) is 40.6. The second-order valence-corrected chi connectivity index (χ2v) is 40.6. The van der Waals surface area contributed by atoms with Gasteiger partial charge in [-0.3, -0.25) is 19.2 Å². The van der Waals surface area contributed by atoms with Crippen molar-refractivity contribution in [3.63, 3.8) is 0 Å². The first-order valence-corrected chi connectivity index (χ1v) is 45.4. The van der Waals surface area contributed by atoms with Crippen LogP contribution in [-0.2, 0) is 57.6 Å². The first kappa shape index (κ1) is 83.9. The minimum Gasteiger partial charge on any atom is -0.657 e. The van der Waals surface area contributed by atoms with Crippen molar-refractivity contribution < 1.29 is 36.0 Å². The third kappa shape index (κ3) is 16.3. The number of hydrogen-bond donors (Lipinski definition) is 4. The van der Waals surface area contributed by atoms with Gasteiger partial charge in [0.15, 0.2) is 0 Å². The molecule has 0 saturated heterocycles. The van der Waals surface area contributed by atoms with E-state index in [1.165, 1.54) is 0 Å². The number of anilines is 4. The number of carbonyl (C=O) groups excluding carboxylic acids is 4. The molecule has 4 aliphatic carbocycles. The van der Waals surface area contributed by atoms with Gasteiger partial charge in [0.2, 0.25) is 23.6 Å². The Morgan fingerprint density at radius 3 is 0.744 bits per heavy atom. The van der Waals surface area contributed by atoms with Crippen molar-refractivity contribution in [3.05, 3.63) is 334 Å². The third-order valence-electron chi connectivity index (χ3n) is 27.5. The third-order valence-corrected chi connectivity index (χ3v) is 27.5. The van der Waals surface area contributed by atoms with Crippen molar-refractivity contribution in [1.29, 1.82) is 0 Å². The molecule has 0 unspecified atom stereocenters. The van der Waals surface area contributed by atoms with E-state index in [2.05, 4.69) is 359 Å². The molecule has 2 aliphatic heterocycles. The van der Waals surface area contributed by atoms with E-state index in [4.69, 9.17) is 19.9 Å². The van der Waals surface area contributed by atoms with Gasteiger partial charge in [-0.2, -0.15) is 0 Å². The van der Waals surface area contributed by atoms with Crippen LogP contribution in [0.2, 0.25) is 0 Å². The maximum atomic E-state index is 15.6. The van der Waals surface area contributed by atoms with Gasteiger partial charge in [-0.15, -0.1) is 22.1 Å². The van der Waals surface area contributed by atoms with Gasteiger partial charge in [-0.05, 0) is 241 Å². The van der Waals surface area contributed by atoms with E-state index < -0.39 is 0 Å². The summed E-state index contributed by atoms with van der Waals surface area (Å²) in [6.45, 7) is 27.0. The van der Waals surface area contributed by atoms with Crippen LogP contribution in [0.1, 0.15) is 200 Å². The van der Waals surface area contributed by atoms with Crippen LogP contribution in [-0.4, -0.2) is 33.6 Å². The van der Waals surface area contributed by atoms with Gasteiger partial charge >= 0.3 is 16.8 Å². The van der Waals surface area contributed by atoms with Gasteiger partial charge in [0, 0.05) is 34.8 Å². The number of rotatable bonds is 16. The normalized spacial score (nSPS) is 18.6. The molecule has 8 atom stereocenters. The number of carbonyl (C=O) groups is 4. The number of nitrogens with one attached hydrogen (secondary N) is 4. The zero-order chi connectivity index (χ0) is 88.1. The monoisotopic (exact) mass is 1730 g/mol. The van der Waals surface area contributed by atoms with Gasteiger partial charge in [0.1, 0.15) is 0 Å². The minimum absolute atomic E-state index is 0. The molecule has 8 bridgehead atoms. The number of benzene rings is 12. The van der Waals surface area contributed by atoms with E-state index in [-0.39, 0.29) is 109 Å². The summed E-state index contributed by atoms with van der Waals surface area (Å²) in [5.74, 6) is -1.91. The van der Waals surface area contributed by atoms with Gasteiger partial charge in [0.25, 0.3) is 0 Å². The molecule has 4 N–H and O–H groups in total. The topological polar surface area (TPSA) is 170 Å². The molecule has 13 heteroatoms. The summed E-state index contributed by atoms with van der Waals surface area (Å²) >= 11 is 0. The summed E-state index contributed by atoms with van der Waals surface area (Å²) in [5.41, 5.74) is 19.8. The van der Waals surface area contributed by atoms with Crippen LogP contribution in [0, 0.1) is 23.7 Å². The maximum Gasteiger partial charge on any atom is 2.00 e. The zero-order valence-electron chi connectivity index (χ0n) is 74.9. The van der Waals surface area contributed by atoms with E-state index in [9.17, 15) is 0 Å². The van der Waals surface area contributed by atoms with E-state index in [1.54, 1.807) is 0 Å². The fourth-order valence-electron chi connectivity index (χ4n) is 19.6. The standard InChI is InChI=1S/C116H106N8O4.Co/c1-113(2,3)79-55-77(56-80(59-79)114(4,5)6)103-95-43-47-99(117-95)107(105-91(121-109(125)87-61-83(87)73-39-35-65-23-13-17-27-69(65)51-73)31-21-32-92(105)122-110(126)88-62-84(88)74-40-36-66-24-14-18-28-70(66)52-74)101-49-45-97(119-101)104(78-57-81(115(7,8)9)60-82(58-78)116(10,11)12)98-46-50-102(120-98)108(100-48-44-96(103)118-100)106-93(123-111(127)89-63-85(89)75-41-37-67-25-15-19-29-71(67)53-75)33-22-34-94(106)124-112(128)90-64-86(90)76-42-38-68-26-16-20-30-72(68)54-76;/h13-60,83-90H,61-64H2,1-12H3,(H6,117,118,119,120,121,122,123,124,125,126,127,128);/q;+2/p-2/t83-,84-,85-,86-,87+,88+,89+,90+;/m0./s1. The van der Waals surface area contributed by atoms with E-state index in [0.29, 0.717) is 116 Å².